The summed E-state index contributed by atoms with van der Waals surface area (Å²) in [4.78, 5) is 25.2. The maximum atomic E-state index is 12.0. The van der Waals surface area contributed by atoms with Crippen molar-refractivity contribution in [1.82, 2.24) is 15.1 Å². The number of aromatic nitrogens is 2. The highest BCUT2D eigenvalue weighted by Crippen LogP contribution is 2.26. The van der Waals surface area contributed by atoms with E-state index in [1.807, 2.05) is 6.07 Å². The van der Waals surface area contributed by atoms with Crippen LogP contribution in [0, 0.1) is 5.92 Å². The number of anilines is 1. The average molecular weight is 336 g/mol. The van der Waals surface area contributed by atoms with Crippen LogP contribution in [0.1, 0.15) is 44.2 Å². The first-order valence-corrected chi connectivity index (χ1v) is 9.45. The number of hydrogen-bond donors (Lipinski definition) is 2. The molecule has 2 aliphatic rings. The van der Waals surface area contributed by atoms with E-state index >= 15 is 0 Å². The summed E-state index contributed by atoms with van der Waals surface area (Å²) in [6.07, 6.45) is 7.94. The van der Waals surface area contributed by atoms with E-state index < -0.39 is 0 Å². The van der Waals surface area contributed by atoms with Gasteiger partial charge in [0.1, 0.15) is 0 Å². The number of H-pyrrole nitrogens is 1. The van der Waals surface area contributed by atoms with Crippen LogP contribution in [0.2, 0.25) is 0 Å². The van der Waals surface area contributed by atoms with Gasteiger partial charge in [0.15, 0.2) is 5.82 Å². The number of aromatic amines is 1. The lowest BCUT2D eigenvalue weighted by molar-refractivity contribution is -0.116. The molecule has 3 rings (SSSR count). The van der Waals surface area contributed by atoms with Gasteiger partial charge >= 0.3 is 0 Å². The fourth-order valence-corrected chi connectivity index (χ4v) is 4.15. The van der Waals surface area contributed by atoms with Crippen LogP contribution in [0.4, 0.5) is 10.6 Å². The summed E-state index contributed by atoms with van der Waals surface area (Å²) in [5.41, 5.74) is 1.10. The lowest BCUT2D eigenvalue weighted by Crippen LogP contribution is -2.27. The molecule has 0 unspecified atom stereocenters. The SMILES string of the molecule is O=C(CCN1CCSC1=O)Nc1cc(CC2CCCCC2)[nH]n1. The number of rotatable bonds is 6. The number of thioether (sulfide) groups is 1. The molecule has 2 N–H and O–H groups in total. The number of hydrogen-bond acceptors (Lipinski definition) is 4. The summed E-state index contributed by atoms with van der Waals surface area (Å²) in [5, 5.41) is 10.1. The highest BCUT2D eigenvalue weighted by atomic mass is 32.2. The molecule has 0 radical (unpaired) electrons. The van der Waals surface area contributed by atoms with Crippen LogP contribution in [0.25, 0.3) is 0 Å². The largest absolute Gasteiger partial charge is 0.332 e. The fraction of sp³-hybridized carbons (Fsp3) is 0.688. The molecule has 1 saturated heterocycles. The Morgan fingerprint density at radius 2 is 2.22 bits per heavy atom. The Morgan fingerprint density at radius 1 is 1.39 bits per heavy atom. The second-order valence-electron chi connectivity index (χ2n) is 6.39. The highest BCUT2D eigenvalue weighted by molar-refractivity contribution is 8.13. The zero-order valence-electron chi connectivity index (χ0n) is 13.3. The summed E-state index contributed by atoms with van der Waals surface area (Å²) in [6.45, 7) is 1.22. The number of amides is 2. The lowest BCUT2D eigenvalue weighted by atomic mass is 9.86. The van der Waals surface area contributed by atoms with Crippen molar-refractivity contribution >= 4 is 28.7 Å². The number of carbonyl (C=O) groups is 2. The molecule has 6 nitrogen and oxygen atoms in total. The molecule has 7 heteroatoms. The summed E-state index contributed by atoms with van der Waals surface area (Å²) in [7, 11) is 0. The minimum Gasteiger partial charge on any atom is -0.332 e. The maximum absolute atomic E-state index is 12.0. The van der Waals surface area contributed by atoms with Crippen LogP contribution in [-0.2, 0) is 11.2 Å². The monoisotopic (exact) mass is 336 g/mol. The molecule has 0 atom stereocenters. The first-order valence-electron chi connectivity index (χ1n) is 8.46. The van der Waals surface area contributed by atoms with Crippen molar-refractivity contribution in [2.75, 3.05) is 24.2 Å². The molecular formula is C16H24N4O2S. The van der Waals surface area contributed by atoms with E-state index in [2.05, 4.69) is 15.5 Å². The molecule has 0 spiro atoms. The van der Waals surface area contributed by atoms with E-state index in [1.54, 1.807) is 4.90 Å². The molecule has 1 aliphatic carbocycles. The first kappa shape index (κ1) is 16.4. The van der Waals surface area contributed by atoms with E-state index in [1.165, 1.54) is 43.9 Å². The van der Waals surface area contributed by atoms with Gasteiger partial charge < -0.3 is 10.2 Å². The molecule has 1 saturated carbocycles. The van der Waals surface area contributed by atoms with Crippen molar-refractivity contribution in [1.29, 1.82) is 0 Å². The molecule has 0 aromatic carbocycles. The maximum Gasteiger partial charge on any atom is 0.281 e. The minimum atomic E-state index is -0.0922. The van der Waals surface area contributed by atoms with Gasteiger partial charge in [-0.2, -0.15) is 5.10 Å². The average Bonchev–Trinajstić information content (AvgIpc) is 3.15. The van der Waals surface area contributed by atoms with E-state index in [4.69, 9.17) is 0 Å². The van der Waals surface area contributed by atoms with Gasteiger partial charge in [0.2, 0.25) is 5.91 Å². The van der Waals surface area contributed by atoms with Crippen molar-refractivity contribution in [3.05, 3.63) is 11.8 Å². The van der Waals surface area contributed by atoms with Crippen molar-refractivity contribution in [2.45, 2.75) is 44.9 Å². The lowest BCUT2D eigenvalue weighted by Gasteiger charge is -2.20. The second-order valence-corrected chi connectivity index (χ2v) is 7.43. The highest BCUT2D eigenvalue weighted by Gasteiger charge is 2.21. The number of carbonyl (C=O) groups excluding carboxylic acids is 2. The van der Waals surface area contributed by atoms with Gasteiger partial charge in [0.25, 0.3) is 5.24 Å². The summed E-state index contributed by atoms with van der Waals surface area (Å²) in [5.74, 6) is 2.06. The zero-order chi connectivity index (χ0) is 16.1. The van der Waals surface area contributed by atoms with Crippen LogP contribution in [0.3, 0.4) is 0 Å². The standard InChI is InChI=1S/C16H24N4O2S/c21-15(6-7-20-8-9-23-16(20)22)17-14-11-13(18-19-14)10-12-4-2-1-3-5-12/h11-12H,1-10H2,(H2,17,18,19,21). The Labute approximate surface area is 140 Å². The van der Waals surface area contributed by atoms with Gasteiger partial charge in [-0.3, -0.25) is 14.7 Å². The molecular weight excluding hydrogens is 312 g/mol. The molecule has 1 aromatic heterocycles. The quantitative estimate of drug-likeness (QED) is 0.837. The van der Waals surface area contributed by atoms with Gasteiger partial charge in [-0.15, -0.1) is 0 Å². The van der Waals surface area contributed by atoms with E-state index in [0.29, 0.717) is 18.8 Å². The predicted octanol–water partition coefficient (Wildman–Crippen LogP) is 3.03. The third-order valence-electron chi connectivity index (χ3n) is 4.59. The van der Waals surface area contributed by atoms with Crippen molar-refractivity contribution < 1.29 is 9.59 Å². The topological polar surface area (TPSA) is 78.1 Å². The molecule has 2 amide bonds. The molecule has 0 bridgehead atoms. The van der Waals surface area contributed by atoms with Crippen molar-refractivity contribution in [2.24, 2.45) is 5.92 Å². The minimum absolute atomic E-state index is 0.0762. The Bertz CT molecular complexity index is 554. The van der Waals surface area contributed by atoms with Crippen LogP contribution in [0.15, 0.2) is 6.07 Å². The molecule has 2 heterocycles. The van der Waals surface area contributed by atoms with Crippen LogP contribution in [-0.4, -0.2) is 45.1 Å². The smallest absolute Gasteiger partial charge is 0.281 e. The molecule has 1 aromatic rings. The summed E-state index contributed by atoms with van der Waals surface area (Å²) < 4.78 is 0. The van der Waals surface area contributed by atoms with E-state index in [-0.39, 0.29) is 11.1 Å². The van der Waals surface area contributed by atoms with Crippen LogP contribution < -0.4 is 5.32 Å². The van der Waals surface area contributed by atoms with Crippen LogP contribution >= 0.6 is 11.8 Å². The molecule has 126 valence electrons. The molecule has 1 aliphatic heterocycles. The second kappa shape index (κ2) is 7.86. The Morgan fingerprint density at radius 3 is 2.96 bits per heavy atom. The first-order chi connectivity index (χ1) is 11.2. The third-order valence-corrected chi connectivity index (χ3v) is 5.48. The van der Waals surface area contributed by atoms with Gasteiger partial charge in [-0.25, -0.2) is 0 Å². The fourth-order valence-electron chi connectivity index (χ4n) is 3.30. The predicted molar refractivity (Wildman–Crippen MR) is 91.5 cm³/mol. The number of nitrogens with zero attached hydrogens (tertiary/aromatic N) is 2. The van der Waals surface area contributed by atoms with E-state index in [9.17, 15) is 9.59 Å². The summed E-state index contributed by atoms with van der Waals surface area (Å²) >= 11 is 1.32. The van der Waals surface area contributed by atoms with Crippen LogP contribution in [0.5, 0.6) is 0 Å². The summed E-state index contributed by atoms with van der Waals surface area (Å²) in [6, 6.07) is 1.93. The Hall–Kier alpha value is -1.50. The van der Waals surface area contributed by atoms with E-state index in [0.717, 1.165) is 30.3 Å². The molecule has 2 fully saturated rings. The third kappa shape index (κ3) is 4.73. The molecule has 23 heavy (non-hydrogen) atoms. The normalized spacial score (nSPS) is 19.3. The van der Waals surface area contributed by atoms with Crippen molar-refractivity contribution in [3.8, 4) is 0 Å². The van der Waals surface area contributed by atoms with Gasteiger partial charge in [-0.05, 0) is 12.3 Å². The Kier molecular flexibility index (Phi) is 5.59. The van der Waals surface area contributed by atoms with Gasteiger partial charge in [0, 0.05) is 37.0 Å². The Balaban J connectivity index is 1.42. The van der Waals surface area contributed by atoms with Gasteiger partial charge in [-0.1, -0.05) is 43.9 Å². The van der Waals surface area contributed by atoms with Crippen molar-refractivity contribution in [3.63, 3.8) is 0 Å². The van der Waals surface area contributed by atoms with Gasteiger partial charge in [0.05, 0.1) is 0 Å². The zero-order valence-corrected chi connectivity index (χ0v) is 14.2. The number of nitrogens with one attached hydrogen (secondary N) is 2.